The number of carbonyl (C=O) groups is 2. The molecule has 9 heteroatoms. The summed E-state index contributed by atoms with van der Waals surface area (Å²) < 4.78 is 31.1. The summed E-state index contributed by atoms with van der Waals surface area (Å²) >= 11 is 0. The first kappa shape index (κ1) is 29.6. The largest absolute Gasteiger partial charge is 0.480 e. The normalized spacial score (nSPS) is 12.3. The van der Waals surface area contributed by atoms with Crippen molar-refractivity contribution in [3.8, 4) is 22.3 Å². The Hall–Kier alpha value is -4.89. The average molecular weight is 596 g/mol. The minimum atomic E-state index is -3.92. The number of nitrogens with zero attached hydrogens (tertiary/aromatic N) is 1. The van der Waals surface area contributed by atoms with Gasteiger partial charge in [-0.2, -0.15) is 0 Å². The van der Waals surface area contributed by atoms with Crippen molar-refractivity contribution in [1.29, 1.82) is 0 Å². The van der Waals surface area contributed by atoms with Gasteiger partial charge in [0, 0.05) is 29.2 Å². The molecule has 4 aromatic carbocycles. The molecule has 1 aromatic heterocycles. The third-order valence-corrected chi connectivity index (χ3v) is 8.71. The Labute approximate surface area is 251 Å². The van der Waals surface area contributed by atoms with E-state index in [0.29, 0.717) is 22.2 Å². The van der Waals surface area contributed by atoms with Gasteiger partial charge in [-0.25, -0.2) is 13.2 Å². The Morgan fingerprint density at radius 3 is 1.98 bits per heavy atom. The van der Waals surface area contributed by atoms with E-state index in [2.05, 4.69) is 10.0 Å². The lowest BCUT2D eigenvalue weighted by Crippen LogP contribution is -2.42. The predicted octanol–water partition coefficient (Wildman–Crippen LogP) is 6.54. The number of carboxylic acids is 1. The number of hydrogen-bond donors (Lipinski definition) is 3. The maximum atomic E-state index is 13.6. The second-order valence-electron chi connectivity index (χ2n) is 10.9. The van der Waals surface area contributed by atoms with Crippen LogP contribution >= 0.6 is 0 Å². The first-order chi connectivity index (χ1) is 20.5. The molecular formula is C34H33N3O5S. The molecule has 0 saturated carbocycles. The highest BCUT2D eigenvalue weighted by molar-refractivity contribution is 7.92. The number of rotatable bonds is 10. The maximum absolute atomic E-state index is 13.6. The highest BCUT2D eigenvalue weighted by Gasteiger charge is 2.28. The monoisotopic (exact) mass is 595 g/mol. The zero-order chi connectivity index (χ0) is 30.7. The molecule has 0 aliphatic heterocycles. The van der Waals surface area contributed by atoms with Crippen LogP contribution in [0.4, 0.5) is 5.69 Å². The molecule has 0 spiro atoms. The molecule has 43 heavy (non-hydrogen) atoms. The molecule has 0 bridgehead atoms. The summed E-state index contributed by atoms with van der Waals surface area (Å²) in [6, 6.07) is 29.7. The number of aryl methyl sites for hydroxylation is 1. The van der Waals surface area contributed by atoms with Crippen molar-refractivity contribution in [2.24, 2.45) is 13.0 Å². The van der Waals surface area contributed by atoms with Crippen LogP contribution in [0.3, 0.4) is 0 Å². The Kier molecular flexibility index (Phi) is 8.36. The molecule has 0 fully saturated rings. The number of benzene rings is 4. The van der Waals surface area contributed by atoms with Gasteiger partial charge < -0.3 is 15.0 Å². The molecule has 5 aromatic rings. The standard InChI is InChI=1S/C34H33N3O5S/c1-22(2)20-29(34(39)40)35-33(38)32-31(25-12-8-5-9-13-25)28-21-26(16-19-30(28)37(32)3)36-43(41,42)27-17-14-24(15-18-27)23-10-6-4-7-11-23/h4-19,21-22,29,36H,20H2,1-3H3,(H,35,38)(H,39,40)/t29-/m0/s1. The fraction of sp³-hybridized carbons (Fsp3) is 0.176. The average Bonchev–Trinajstić information content (AvgIpc) is 3.28. The van der Waals surface area contributed by atoms with Crippen LogP contribution in [0.25, 0.3) is 33.2 Å². The lowest BCUT2D eigenvalue weighted by Gasteiger charge is -2.17. The molecule has 1 heterocycles. The van der Waals surface area contributed by atoms with E-state index in [4.69, 9.17) is 0 Å². The lowest BCUT2D eigenvalue weighted by molar-refractivity contribution is -0.139. The minimum Gasteiger partial charge on any atom is -0.480 e. The van der Waals surface area contributed by atoms with Crippen molar-refractivity contribution >= 4 is 38.5 Å². The second kappa shape index (κ2) is 12.1. The summed E-state index contributed by atoms with van der Waals surface area (Å²) in [7, 11) is -2.18. The third kappa shape index (κ3) is 6.32. The Balaban J connectivity index is 1.53. The summed E-state index contributed by atoms with van der Waals surface area (Å²) in [5.74, 6) is -1.56. The topological polar surface area (TPSA) is 118 Å². The van der Waals surface area contributed by atoms with Crippen LogP contribution < -0.4 is 10.0 Å². The zero-order valence-electron chi connectivity index (χ0n) is 24.1. The van der Waals surface area contributed by atoms with Crippen molar-refractivity contribution in [2.75, 3.05) is 4.72 Å². The van der Waals surface area contributed by atoms with Gasteiger partial charge in [0.25, 0.3) is 15.9 Å². The van der Waals surface area contributed by atoms with Gasteiger partial charge in [0.15, 0.2) is 0 Å². The summed E-state index contributed by atoms with van der Waals surface area (Å²) in [4.78, 5) is 25.7. The zero-order valence-corrected chi connectivity index (χ0v) is 24.9. The van der Waals surface area contributed by atoms with E-state index in [9.17, 15) is 23.1 Å². The van der Waals surface area contributed by atoms with Crippen LogP contribution in [0.5, 0.6) is 0 Å². The lowest BCUT2D eigenvalue weighted by atomic mass is 10.00. The number of anilines is 1. The number of carboxylic acid groups (broad SMARTS) is 1. The van der Waals surface area contributed by atoms with Gasteiger partial charge in [-0.3, -0.25) is 9.52 Å². The van der Waals surface area contributed by atoms with Gasteiger partial charge in [0.05, 0.1) is 4.90 Å². The number of hydrogen-bond acceptors (Lipinski definition) is 4. The molecule has 0 saturated heterocycles. The van der Waals surface area contributed by atoms with E-state index in [0.717, 1.165) is 16.7 Å². The van der Waals surface area contributed by atoms with Crippen molar-refractivity contribution in [1.82, 2.24) is 9.88 Å². The third-order valence-electron chi connectivity index (χ3n) is 7.31. The van der Waals surface area contributed by atoms with Gasteiger partial charge in [0.2, 0.25) is 0 Å². The predicted molar refractivity (Wildman–Crippen MR) is 169 cm³/mol. The van der Waals surface area contributed by atoms with Crippen LogP contribution in [0.1, 0.15) is 30.8 Å². The maximum Gasteiger partial charge on any atom is 0.326 e. The fourth-order valence-electron chi connectivity index (χ4n) is 5.26. The van der Waals surface area contributed by atoms with E-state index >= 15 is 0 Å². The Morgan fingerprint density at radius 2 is 1.40 bits per heavy atom. The van der Waals surface area contributed by atoms with Crippen LogP contribution in [0.2, 0.25) is 0 Å². The van der Waals surface area contributed by atoms with Gasteiger partial charge in [-0.15, -0.1) is 0 Å². The molecule has 0 aliphatic rings. The van der Waals surface area contributed by atoms with Crippen molar-refractivity contribution < 1.29 is 23.1 Å². The van der Waals surface area contributed by atoms with E-state index < -0.39 is 27.9 Å². The van der Waals surface area contributed by atoms with Gasteiger partial charge >= 0.3 is 5.97 Å². The Morgan fingerprint density at radius 1 is 0.814 bits per heavy atom. The van der Waals surface area contributed by atoms with Crippen molar-refractivity contribution in [2.45, 2.75) is 31.2 Å². The van der Waals surface area contributed by atoms with Gasteiger partial charge in [-0.05, 0) is 59.4 Å². The van der Waals surface area contributed by atoms with E-state index in [1.165, 1.54) is 0 Å². The van der Waals surface area contributed by atoms with Crippen molar-refractivity contribution in [3.05, 3.63) is 109 Å². The second-order valence-corrected chi connectivity index (χ2v) is 12.6. The van der Waals surface area contributed by atoms with Crippen LogP contribution in [0, 0.1) is 5.92 Å². The molecular weight excluding hydrogens is 562 g/mol. The summed E-state index contributed by atoms with van der Waals surface area (Å²) in [5, 5.41) is 13.1. The first-order valence-corrected chi connectivity index (χ1v) is 15.4. The van der Waals surface area contributed by atoms with E-state index in [-0.39, 0.29) is 22.9 Å². The SMILES string of the molecule is CC(C)C[C@H](NC(=O)c1c(-c2ccccc2)c2cc(NS(=O)(=O)c3ccc(-c4ccccc4)cc3)ccc2n1C)C(=O)O. The van der Waals surface area contributed by atoms with E-state index in [1.807, 2.05) is 74.5 Å². The Bertz CT molecular complexity index is 1880. The van der Waals surface area contributed by atoms with Crippen LogP contribution in [-0.4, -0.2) is 36.0 Å². The summed E-state index contributed by atoms with van der Waals surface area (Å²) in [6.45, 7) is 3.79. The molecule has 0 unspecified atom stereocenters. The molecule has 0 radical (unpaired) electrons. The van der Waals surface area contributed by atoms with E-state index in [1.54, 1.807) is 54.1 Å². The number of carbonyl (C=O) groups excluding carboxylic acids is 1. The molecule has 0 aliphatic carbocycles. The fourth-order valence-corrected chi connectivity index (χ4v) is 6.31. The van der Waals surface area contributed by atoms with Gasteiger partial charge in [0.1, 0.15) is 11.7 Å². The highest BCUT2D eigenvalue weighted by atomic mass is 32.2. The van der Waals surface area contributed by atoms with Gasteiger partial charge in [-0.1, -0.05) is 86.6 Å². The summed E-state index contributed by atoms with van der Waals surface area (Å²) in [6.07, 6.45) is 0.282. The van der Waals surface area contributed by atoms with Crippen LogP contribution in [0.15, 0.2) is 108 Å². The smallest absolute Gasteiger partial charge is 0.326 e. The molecule has 1 amide bonds. The highest BCUT2D eigenvalue weighted by Crippen LogP contribution is 2.36. The van der Waals surface area contributed by atoms with Crippen LogP contribution in [-0.2, 0) is 21.9 Å². The van der Waals surface area contributed by atoms with Crippen molar-refractivity contribution in [3.63, 3.8) is 0 Å². The number of amides is 1. The molecule has 5 rings (SSSR count). The number of sulfonamides is 1. The number of nitrogens with one attached hydrogen (secondary N) is 2. The summed E-state index contributed by atoms with van der Waals surface area (Å²) in [5.41, 5.74) is 4.52. The molecule has 1 atom stereocenters. The number of fused-ring (bicyclic) bond motifs is 1. The minimum absolute atomic E-state index is 0.0626. The molecule has 8 nitrogen and oxygen atoms in total. The number of aliphatic carboxylic acids is 1. The first-order valence-electron chi connectivity index (χ1n) is 13.9. The molecule has 220 valence electrons. The molecule has 3 N–H and O–H groups in total. The quantitative estimate of drug-likeness (QED) is 0.169. The number of aromatic nitrogens is 1.